The molecule has 0 unspecified atom stereocenters. The van der Waals surface area contributed by atoms with Crippen LogP contribution >= 0.6 is 0 Å². The topological polar surface area (TPSA) is 256 Å². The normalized spacial score (nSPS) is 12.0. The molecule has 0 bridgehead atoms. The van der Waals surface area contributed by atoms with Gasteiger partial charge < -0.3 is 54.9 Å². The Morgan fingerprint density at radius 2 is 0.507 bits per heavy atom. The van der Waals surface area contributed by atoms with Crippen molar-refractivity contribution in [2.45, 2.75) is 255 Å². The Morgan fingerprint density at radius 1 is 0.261 bits per heavy atom. The molecular weight excluding hydrogens is 1670 g/mol. The van der Waals surface area contributed by atoms with E-state index in [0.717, 1.165) is 74.4 Å². The minimum absolute atomic E-state index is 0. The number of Topliss-reactive ketones (excluding diaryl/α,β-unsaturated/α-hetero) is 5. The van der Waals surface area contributed by atoms with Gasteiger partial charge in [-0.1, -0.05) is 345 Å². The van der Waals surface area contributed by atoms with Crippen LogP contribution < -0.4 is 31.2 Å². The lowest BCUT2D eigenvalue weighted by Gasteiger charge is -2.19. The number of aromatic nitrogens is 2. The van der Waals surface area contributed by atoms with Crippen molar-refractivity contribution in [3.63, 3.8) is 0 Å². The monoisotopic (exact) mass is 1840 g/mol. The zero-order chi connectivity index (χ0) is 98.3. The highest BCUT2D eigenvalue weighted by Gasteiger charge is 2.27. The van der Waals surface area contributed by atoms with E-state index in [1.807, 2.05) is 239 Å². The van der Waals surface area contributed by atoms with Crippen LogP contribution in [0.1, 0.15) is 241 Å². The minimum atomic E-state index is -0.361. The number of carbonyl (C=O) groups is 5. The molecule has 0 atom stereocenters. The van der Waals surface area contributed by atoms with Gasteiger partial charge in [0.2, 0.25) is 0 Å². The molecule has 0 fully saturated rings. The van der Waals surface area contributed by atoms with E-state index in [1.165, 1.54) is 38.9 Å². The Labute approximate surface area is 804 Å². The predicted octanol–water partition coefficient (Wildman–Crippen LogP) is 27.7. The molecule has 10 rings (SSSR count). The quantitative estimate of drug-likeness (QED) is 0.0362. The third kappa shape index (κ3) is 42.6. The Kier molecular flexibility index (Phi) is 44.9. The Hall–Kier alpha value is -10.5. The fourth-order valence-corrected chi connectivity index (χ4v) is 12.1. The van der Waals surface area contributed by atoms with Crippen molar-refractivity contribution < 1.29 is 66.6 Å². The molecule has 1 heterocycles. The molecule has 1 aromatic heterocycles. The lowest BCUT2D eigenvalue weighted by molar-refractivity contribution is -0.132. The predicted molar refractivity (Wildman–Crippen MR) is 551 cm³/mol. The van der Waals surface area contributed by atoms with Crippen LogP contribution in [-0.4, -0.2) is 117 Å². The molecule has 0 radical (unpaired) electrons. The van der Waals surface area contributed by atoms with Crippen LogP contribution in [0.3, 0.4) is 0 Å². The van der Waals surface area contributed by atoms with Crippen molar-refractivity contribution in [2.24, 2.45) is 27.1 Å². The van der Waals surface area contributed by atoms with Gasteiger partial charge in [0, 0.05) is 45.3 Å². The van der Waals surface area contributed by atoms with Gasteiger partial charge in [-0.2, -0.15) is 5.10 Å². The molecule has 0 aliphatic carbocycles. The molecule has 0 aliphatic rings. The third-order valence-corrected chi connectivity index (χ3v) is 21.7. The number of rotatable bonds is 33. The summed E-state index contributed by atoms with van der Waals surface area (Å²) in [7, 11) is 0. The lowest BCUT2D eigenvalue weighted by Crippen LogP contribution is -2.25. The molecule has 0 saturated carbocycles. The Morgan fingerprint density at radius 3 is 0.784 bits per heavy atom. The average Bonchev–Trinajstić information content (AvgIpc) is 1.85. The fourth-order valence-electron chi connectivity index (χ4n) is 12.1. The maximum absolute atomic E-state index is 12.1. The highest BCUT2D eigenvalue weighted by atomic mass is 16.5. The summed E-state index contributed by atoms with van der Waals surface area (Å²) in [6.45, 7) is 66.2. The van der Waals surface area contributed by atoms with Gasteiger partial charge >= 0.3 is 0 Å². The first-order valence-corrected chi connectivity index (χ1v) is 46.4. The lowest BCUT2D eigenvalue weighted by atomic mass is 9.86. The van der Waals surface area contributed by atoms with Crippen LogP contribution in [0.5, 0.6) is 28.7 Å². The highest BCUT2D eigenvalue weighted by Crippen LogP contribution is 2.34. The number of nitrogens with zero attached hydrogens (tertiary/aromatic N) is 2. The van der Waals surface area contributed by atoms with Gasteiger partial charge in [-0.15, -0.1) is 0 Å². The molecule has 134 heavy (non-hydrogen) atoms. The van der Waals surface area contributed by atoms with Gasteiger partial charge in [-0.3, -0.25) is 28.7 Å². The van der Waals surface area contributed by atoms with Crippen molar-refractivity contribution in [2.75, 3.05) is 72.7 Å². The van der Waals surface area contributed by atoms with E-state index in [-0.39, 0.29) is 122 Å². The summed E-state index contributed by atoms with van der Waals surface area (Å²) in [4.78, 5) is 59.3. The summed E-state index contributed by atoms with van der Waals surface area (Å²) in [6, 6.07) is 76.3. The number of ether oxygens (including phenoxy) is 9. The van der Waals surface area contributed by atoms with Crippen LogP contribution in [-0.2, 0) is 88.9 Å². The molecule has 0 spiro atoms. The largest absolute Gasteiger partial charge is 0.491 e. The highest BCUT2D eigenvalue weighted by molar-refractivity contribution is 5.87. The van der Waals surface area contributed by atoms with Crippen molar-refractivity contribution in [3.8, 4) is 73.4 Å². The molecule has 18 heteroatoms. The third-order valence-electron chi connectivity index (χ3n) is 21.7. The maximum atomic E-state index is 12.1. The molecule has 0 aliphatic heterocycles. The van der Waals surface area contributed by atoms with E-state index in [1.54, 1.807) is 0 Å². The van der Waals surface area contributed by atoms with Crippen LogP contribution in [0.25, 0.3) is 44.6 Å². The van der Waals surface area contributed by atoms with Gasteiger partial charge in [0.15, 0.2) is 23.1 Å². The number of ketones is 5. The summed E-state index contributed by atoms with van der Waals surface area (Å²) in [5.41, 5.74) is 15.1. The fraction of sp³-hybridized carbons (Fsp3) is 0.466. The second-order valence-corrected chi connectivity index (χ2v) is 43.9. The average molecular weight is 1840 g/mol. The van der Waals surface area contributed by atoms with Crippen LogP contribution in [0, 0.1) is 27.1 Å². The first-order valence-electron chi connectivity index (χ1n) is 46.4. The minimum Gasteiger partial charge on any atom is -0.491 e. The van der Waals surface area contributed by atoms with Crippen LogP contribution in [0.4, 0.5) is 0 Å². The van der Waals surface area contributed by atoms with Crippen molar-refractivity contribution in [1.29, 1.82) is 0 Å². The SMILES string of the molecule is CC(C)(C)C(=O)COCCOc1ccc(-c2ccc(C(C)(C)C)cc2)cc1.CC(C)(C)C(=O)COCCOc1ccc(-c2ccc(C(C)(C)C)cc2)cc1.CC(C)(C)C(=O)COCCOc1ccc(-c2ccc(C(C)(C)C)cc2)cc1.CC(C)(C)C(=O)COCc1ccc(Oc2ccc(C(C)(C)C)cc2)cc1.CC(C)(C)OCCn1ccc(-c2ccc(CC(=O)C(C)(C)C)cc2)n1.N.N. The summed E-state index contributed by atoms with van der Waals surface area (Å²) in [5, 5.41) is 4.60. The second-order valence-electron chi connectivity index (χ2n) is 43.9. The van der Waals surface area contributed by atoms with Gasteiger partial charge in [-0.25, -0.2) is 0 Å². The standard InChI is InChI=1S/3C24H32O3.C23H30O3.C21H30N2O2.2H3N/c3*1-23(2,3)20-11-7-18(8-12-20)19-9-13-21(14-10-19)27-16-15-26-17-22(25)24(4,5)6;1-22(2,3)18-9-13-20(14-10-18)26-19-11-7-17(8-12-19)15-25-16-21(24)23(4,5)6;1-20(2,3)19(24)15-16-7-9-17(10-8-16)18-11-12-23(22-18)13-14-25-21(4,5)6;;/h3*7-14H,15-17H2,1-6H3;7-14H,15-16H2,1-6H3;7-12H,13-15H2,1-6H3;2*1H3. The molecular formula is C116H162N4O14. The van der Waals surface area contributed by atoms with E-state index in [0.29, 0.717) is 59.3 Å². The van der Waals surface area contributed by atoms with E-state index in [9.17, 15) is 24.0 Å². The zero-order valence-electron chi connectivity index (χ0n) is 86.9. The molecule has 9 aromatic carbocycles. The number of hydrogen-bond donors (Lipinski definition) is 2. The summed E-state index contributed by atoms with van der Waals surface area (Å²) in [5.74, 6) is 4.67. The maximum Gasteiger partial charge on any atom is 0.163 e. The Balaban J connectivity index is 0.000000349. The van der Waals surface area contributed by atoms with E-state index >= 15 is 0 Å². The summed E-state index contributed by atoms with van der Waals surface area (Å²) >= 11 is 0. The zero-order valence-corrected chi connectivity index (χ0v) is 86.9. The molecule has 730 valence electrons. The first kappa shape index (κ1) is 116. The second kappa shape index (κ2) is 52.0. The van der Waals surface area contributed by atoms with E-state index < -0.39 is 0 Å². The smallest absolute Gasteiger partial charge is 0.163 e. The molecule has 6 N–H and O–H groups in total. The van der Waals surface area contributed by atoms with Crippen LogP contribution in [0.15, 0.2) is 231 Å². The van der Waals surface area contributed by atoms with Gasteiger partial charge in [0.05, 0.1) is 50.9 Å². The van der Waals surface area contributed by atoms with Gasteiger partial charge in [-0.05, 0) is 176 Å². The molecule has 0 saturated heterocycles. The number of hydrogen-bond acceptors (Lipinski definition) is 17. The molecule has 10 aromatic rings. The summed E-state index contributed by atoms with van der Waals surface area (Å²) < 4.78 is 52.3. The molecule has 0 amide bonds. The van der Waals surface area contributed by atoms with E-state index in [4.69, 9.17) is 42.6 Å². The Bertz CT molecular complexity index is 4820. The molecule has 18 nitrogen and oxygen atoms in total. The van der Waals surface area contributed by atoms with Crippen molar-refractivity contribution >= 4 is 28.9 Å². The van der Waals surface area contributed by atoms with E-state index in [2.05, 4.69) is 210 Å². The van der Waals surface area contributed by atoms with Crippen molar-refractivity contribution in [3.05, 3.63) is 264 Å². The van der Waals surface area contributed by atoms with Crippen molar-refractivity contribution in [1.82, 2.24) is 22.1 Å². The number of benzene rings is 9. The van der Waals surface area contributed by atoms with Gasteiger partial charge in [0.25, 0.3) is 0 Å². The first-order chi connectivity index (χ1) is 61.3. The van der Waals surface area contributed by atoms with Crippen LogP contribution in [0.2, 0.25) is 0 Å². The number of carbonyl (C=O) groups excluding carboxylic acids is 5. The summed E-state index contributed by atoms with van der Waals surface area (Å²) in [6.07, 6.45) is 2.45. The van der Waals surface area contributed by atoms with Gasteiger partial charge in [0.1, 0.15) is 80.8 Å².